The maximum absolute atomic E-state index is 11.7. The lowest BCUT2D eigenvalue weighted by atomic mass is 10.2. The van der Waals surface area contributed by atoms with E-state index in [1.165, 1.54) is 6.20 Å². The Morgan fingerprint density at radius 3 is 2.81 bits per heavy atom. The molecule has 1 rings (SSSR count). The molecule has 1 aromatic rings. The van der Waals surface area contributed by atoms with Crippen molar-refractivity contribution in [2.75, 3.05) is 6.54 Å². The highest BCUT2D eigenvalue weighted by Gasteiger charge is 2.15. The topological polar surface area (TPSA) is 101 Å². The third-order valence-corrected chi connectivity index (χ3v) is 3.67. The van der Waals surface area contributed by atoms with Crippen molar-refractivity contribution in [1.82, 2.24) is 14.7 Å². The monoisotopic (exact) mass is 246 g/mol. The highest BCUT2D eigenvalue weighted by atomic mass is 32.2. The van der Waals surface area contributed by atoms with Gasteiger partial charge < -0.3 is 10.7 Å². The van der Waals surface area contributed by atoms with Crippen LogP contribution < -0.4 is 10.5 Å². The van der Waals surface area contributed by atoms with Crippen LogP contribution in [0.1, 0.15) is 25.6 Å². The lowest BCUT2D eigenvalue weighted by Crippen LogP contribution is -2.30. The molecular formula is C9H18N4O2S. The van der Waals surface area contributed by atoms with E-state index in [0.29, 0.717) is 18.8 Å². The van der Waals surface area contributed by atoms with Crippen LogP contribution in [-0.2, 0) is 10.0 Å². The maximum Gasteiger partial charge on any atom is 0.257 e. The second-order valence-electron chi connectivity index (χ2n) is 3.69. The summed E-state index contributed by atoms with van der Waals surface area (Å²) in [6, 6.07) is 0.0335. The Labute approximate surface area is 95.7 Å². The van der Waals surface area contributed by atoms with Crippen LogP contribution in [0.25, 0.3) is 0 Å². The lowest BCUT2D eigenvalue weighted by molar-refractivity contribution is 0.555. The molecule has 0 aromatic carbocycles. The van der Waals surface area contributed by atoms with Gasteiger partial charge in [-0.15, -0.1) is 0 Å². The molecular weight excluding hydrogens is 228 g/mol. The van der Waals surface area contributed by atoms with Crippen LogP contribution in [0.2, 0.25) is 0 Å². The summed E-state index contributed by atoms with van der Waals surface area (Å²) in [6.45, 7) is 4.01. The molecule has 4 N–H and O–H groups in total. The number of aryl methyl sites for hydroxylation is 1. The molecule has 1 aromatic heterocycles. The largest absolute Gasteiger partial charge is 0.332 e. The van der Waals surface area contributed by atoms with Gasteiger partial charge in [0.1, 0.15) is 5.82 Å². The van der Waals surface area contributed by atoms with Crippen LogP contribution in [-0.4, -0.2) is 31.0 Å². The van der Waals surface area contributed by atoms with E-state index in [0.717, 1.165) is 6.42 Å². The number of nitrogens with two attached hydrogens (primary N) is 1. The number of nitrogens with one attached hydrogen (secondary N) is 2. The van der Waals surface area contributed by atoms with Crippen molar-refractivity contribution in [3.05, 3.63) is 12.0 Å². The summed E-state index contributed by atoms with van der Waals surface area (Å²) in [6.07, 6.45) is 2.77. The van der Waals surface area contributed by atoms with Gasteiger partial charge in [0, 0.05) is 12.6 Å². The van der Waals surface area contributed by atoms with Crippen molar-refractivity contribution in [2.45, 2.75) is 37.8 Å². The third-order valence-electron chi connectivity index (χ3n) is 2.30. The first-order chi connectivity index (χ1) is 7.45. The molecule has 0 radical (unpaired) electrons. The van der Waals surface area contributed by atoms with Crippen LogP contribution in [0.5, 0.6) is 0 Å². The van der Waals surface area contributed by atoms with Gasteiger partial charge in [0.15, 0.2) is 5.03 Å². The molecule has 0 fully saturated rings. The molecule has 0 aliphatic carbocycles. The molecule has 1 atom stereocenters. The molecule has 0 spiro atoms. The summed E-state index contributed by atoms with van der Waals surface area (Å²) >= 11 is 0. The summed E-state index contributed by atoms with van der Waals surface area (Å²) in [5, 5.41) is 0.0927. The number of hydrogen-bond donors (Lipinski definition) is 3. The molecule has 7 heteroatoms. The van der Waals surface area contributed by atoms with E-state index < -0.39 is 10.0 Å². The van der Waals surface area contributed by atoms with Crippen LogP contribution >= 0.6 is 0 Å². The fourth-order valence-corrected chi connectivity index (χ4v) is 2.21. The second-order valence-corrected chi connectivity index (χ2v) is 5.42. The molecule has 0 amide bonds. The van der Waals surface area contributed by atoms with Crippen LogP contribution in [0.15, 0.2) is 11.2 Å². The zero-order valence-corrected chi connectivity index (χ0v) is 10.3. The molecule has 6 nitrogen and oxygen atoms in total. The molecule has 0 saturated heterocycles. The van der Waals surface area contributed by atoms with E-state index in [1.807, 2.05) is 6.92 Å². The average Bonchev–Trinajstić information content (AvgIpc) is 2.65. The maximum atomic E-state index is 11.7. The fraction of sp³-hybridized carbons (Fsp3) is 0.667. The zero-order valence-electron chi connectivity index (χ0n) is 9.53. The Morgan fingerprint density at radius 2 is 2.31 bits per heavy atom. The summed E-state index contributed by atoms with van der Waals surface area (Å²) in [4.78, 5) is 6.52. The molecule has 16 heavy (non-hydrogen) atoms. The van der Waals surface area contributed by atoms with Crippen molar-refractivity contribution >= 4 is 10.0 Å². The summed E-state index contributed by atoms with van der Waals surface area (Å²) < 4.78 is 25.9. The lowest BCUT2D eigenvalue weighted by Gasteiger charge is -2.09. The van der Waals surface area contributed by atoms with E-state index in [-0.39, 0.29) is 11.1 Å². The first-order valence-electron chi connectivity index (χ1n) is 5.22. The van der Waals surface area contributed by atoms with E-state index in [9.17, 15) is 8.42 Å². The van der Waals surface area contributed by atoms with Crippen molar-refractivity contribution in [2.24, 2.45) is 5.73 Å². The minimum absolute atomic E-state index is 0.0335. The van der Waals surface area contributed by atoms with Crippen molar-refractivity contribution in [1.29, 1.82) is 0 Å². The Kier molecular flexibility index (Phi) is 4.45. The predicted octanol–water partition coefficient (Wildman–Crippen LogP) is 0.124. The zero-order chi connectivity index (χ0) is 12.2. The molecule has 92 valence electrons. The Hall–Kier alpha value is -0.920. The van der Waals surface area contributed by atoms with E-state index in [1.54, 1.807) is 6.92 Å². The number of sulfonamides is 1. The van der Waals surface area contributed by atoms with Gasteiger partial charge in [-0.1, -0.05) is 6.92 Å². The number of aromatic amines is 1. The van der Waals surface area contributed by atoms with Crippen molar-refractivity contribution in [3.63, 3.8) is 0 Å². The Balaban J connectivity index is 2.53. The van der Waals surface area contributed by atoms with Gasteiger partial charge in [-0.25, -0.2) is 18.1 Å². The Bertz CT molecular complexity index is 426. The third kappa shape index (κ3) is 3.58. The standard InChI is InChI=1S/C9H18N4O2S/c1-3-8(10)4-5-12-16(14,15)9-6-11-7(2)13-9/h6,8,12H,3-5,10H2,1-2H3,(H,11,13). The second kappa shape index (κ2) is 5.42. The van der Waals surface area contributed by atoms with E-state index >= 15 is 0 Å². The van der Waals surface area contributed by atoms with Crippen LogP contribution in [0.3, 0.4) is 0 Å². The molecule has 0 aliphatic heterocycles. The Morgan fingerprint density at radius 1 is 1.62 bits per heavy atom. The van der Waals surface area contributed by atoms with Gasteiger partial charge in [0.05, 0.1) is 6.20 Å². The number of imidazole rings is 1. The number of nitrogens with zero attached hydrogens (tertiary/aromatic N) is 1. The number of aromatic nitrogens is 2. The summed E-state index contributed by atoms with van der Waals surface area (Å²) in [5.41, 5.74) is 5.69. The normalized spacial score (nSPS) is 13.9. The highest BCUT2D eigenvalue weighted by Crippen LogP contribution is 2.04. The van der Waals surface area contributed by atoms with Gasteiger partial charge in [-0.05, 0) is 19.8 Å². The SMILES string of the molecule is CCC(N)CCNS(=O)(=O)c1cnc(C)[nH]1. The number of rotatable bonds is 6. The van der Waals surface area contributed by atoms with Crippen LogP contribution in [0, 0.1) is 6.92 Å². The summed E-state index contributed by atoms with van der Waals surface area (Å²) in [5.74, 6) is 0.575. The number of H-pyrrole nitrogens is 1. The van der Waals surface area contributed by atoms with Gasteiger partial charge >= 0.3 is 0 Å². The number of hydrogen-bond acceptors (Lipinski definition) is 4. The first-order valence-corrected chi connectivity index (χ1v) is 6.71. The minimum atomic E-state index is -3.47. The molecule has 0 bridgehead atoms. The minimum Gasteiger partial charge on any atom is -0.332 e. The molecule has 1 heterocycles. The van der Waals surface area contributed by atoms with E-state index in [4.69, 9.17) is 5.73 Å². The fourth-order valence-electron chi connectivity index (χ4n) is 1.20. The van der Waals surface area contributed by atoms with Crippen LogP contribution in [0.4, 0.5) is 0 Å². The summed E-state index contributed by atoms with van der Waals surface area (Å²) in [7, 11) is -3.47. The quantitative estimate of drug-likeness (QED) is 0.663. The van der Waals surface area contributed by atoms with Gasteiger partial charge in [-0.3, -0.25) is 0 Å². The van der Waals surface area contributed by atoms with Gasteiger partial charge in [0.25, 0.3) is 10.0 Å². The smallest absolute Gasteiger partial charge is 0.257 e. The van der Waals surface area contributed by atoms with E-state index in [2.05, 4.69) is 14.7 Å². The van der Waals surface area contributed by atoms with Gasteiger partial charge in [0.2, 0.25) is 0 Å². The van der Waals surface area contributed by atoms with Gasteiger partial charge in [-0.2, -0.15) is 0 Å². The average molecular weight is 246 g/mol. The molecule has 0 saturated carbocycles. The molecule has 1 unspecified atom stereocenters. The predicted molar refractivity (Wildman–Crippen MR) is 61.4 cm³/mol. The van der Waals surface area contributed by atoms with Crippen molar-refractivity contribution in [3.8, 4) is 0 Å². The molecule has 0 aliphatic rings. The first kappa shape index (κ1) is 13.1. The van der Waals surface area contributed by atoms with Crippen molar-refractivity contribution < 1.29 is 8.42 Å². The highest BCUT2D eigenvalue weighted by molar-refractivity contribution is 7.89.